The van der Waals surface area contributed by atoms with Gasteiger partial charge in [-0.25, -0.2) is 4.98 Å². The van der Waals surface area contributed by atoms with Crippen LogP contribution in [0.2, 0.25) is 0 Å². The lowest BCUT2D eigenvalue weighted by molar-refractivity contribution is 0.0716. The summed E-state index contributed by atoms with van der Waals surface area (Å²) in [5.74, 6) is 6.17. The highest BCUT2D eigenvalue weighted by Crippen LogP contribution is 2.28. The molecule has 0 spiro atoms. The minimum atomic E-state index is 0.0273. The summed E-state index contributed by atoms with van der Waals surface area (Å²) in [7, 11) is 0. The van der Waals surface area contributed by atoms with Gasteiger partial charge in [-0.05, 0) is 30.9 Å². The van der Waals surface area contributed by atoms with E-state index in [0.717, 1.165) is 24.9 Å². The number of carbonyl (C=O) groups is 1. The maximum Gasteiger partial charge on any atom is 0.272 e. The summed E-state index contributed by atoms with van der Waals surface area (Å²) < 4.78 is 0. The average Bonchev–Trinajstić information content (AvgIpc) is 3.26. The van der Waals surface area contributed by atoms with E-state index in [-0.39, 0.29) is 5.91 Å². The van der Waals surface area contributed by atoms with E-state index in [1.807, 2.05) is 11.0 Å². The molecule has 1 aliphatic rings. The summed E-state index contributed by atoms with van der Waals surface area (Å²) in [6, 6.07) is 3.98. The van der Waals surface area contributed by atoms with Gasteiger partial charge in [-0.1, -0.05) is 25.7 Å². The van der Waals surface area contributed by atoms with Gasteiger partial charge in [-0.3, -0.25) is 4.79 Å². The van der Waals surface area contributed by atoms with Crippen molar-refractivity contribution < 1.29 is 4.79 Å². The van der Waals surface area contributed by atoms with E-state index in [4.69, 9.17) is 5.73 Å². The van der Waals surface area contributed by atoms with Crippen LogP contribution in [0.25, 0.3) is 0 Å². The van der Waals surface area contributed by atoms with Crippen LogP contribution in [0.5, 0.6) is 0 Å². The Labute approximate surface area is 120 Å². The Hall–Kier alpha value is -1.86. The largest absolute Gasteiger partial charge is 0.334 e. The number of nitrogens with zero attached hydrogens (tertiary/aromatic N) is 2. The zero-order chi connectivity index (χ0) is 14.5. The van der Waals surface area contributed by atoms with Crippen LogP contribution >= 0.6 is 0 Å². The molecule has 1 aliphatic carbocycles. The molecule has 20 heavy (non-hydrogen) atoms. The van der Waals surface area contributed by atoms with Crippen LogP contribution in [0.4, 0.5) is 0 Å². The zero-order valence-corrected chi connectivity index (χ0v) is 12.1. The van der Waals surface area contributed by atoms with E-state index in [2.05, 4.69) is 30.7 Å². The summed E-state index contributed by atoms with van der Waals surface area (Å²) in [6.45, 7) is 5.37. The number of pyridine rings is 1. The topological polar surface area (TPSA) is 59.2 Å². The van der Waals surface area contributed by atoms with E-state index in [1.54, 1.807) is 12.3 Å². The average molecular weight is 271 g/mol. The van der Waals surface area contributed by atoms with Crippen LogP contribution in [0.15, 0.2) is 18.3 Å². The Balaban J connectivity index is 2.10. The molecule has 1 fully saturated rings. The van der Waals surface area contributed by atoms with Gasteiger partial charge in [0.1, 0.15) is 5.69 Å². The zero-order valence-electron chi connectivity index (χ0n) is 12.1. The second-order valence-electron chi connectivity index (χ2n) is 5.52. The number of hydrogen-bond acceptors (Lipinski definition) is 3. The highest BCUT2D eigenvalue weighted by molar-refractivity contribution is 5.92. The van der Waals surface area contributed by atoms with Gasteiger partial charge in [0.25, 0.3) is 5.91 Å². The van der Waals surface area contributed by atoms with E-state index in [9.17, 15) is 4.79 Å². The number of rotatable bonds is 4. The van der Waals surface area contributed by atoms with Crippen LogP contribution < -0.4 is 5.73 Å². The van der Waals surface area contributed by atoms with Gasteiger partial charge in [-0.2, -0.15) is 0 Å². The van der Waals surface area contributed by atoms with Crippen molar-refractivity contribution in [1.29, 1.82) is 0 Å². The molecule has 106 valence electrons. The van der Waals surface area contributed by atoms with Gasteiger partial charge in [-0.15, -0.1) is 0 Å². The second kappa shape index (κ2) is 6.53. The molecule has 2 N–H and O–H groups in total. The molecule has 0 radical (unpaired) electrons. The lowest BCUT2D eigenvalue weighted by Crippen LogP contribution is -2.36. The highest BCUT2D eigenvalue weighted by atomic mass is 16.2. The van der Waals surface area contributed by atoms with Crippen LogP contribution in [0, 0.1) is 17.8 Å². The molecule has 0 saturated heterocycles. The lowest BCUT2D eigenvalue weighted by atomic mass is 10.2. The van der Waals surface area contributed by atoms with Crippen LogP contribution in [0.3, 0.4) is 0 Å². The summed E-state index contributed by atoms with van der Waals surface area (Å²) in [6.07, 6.45) is 3.85. The first-order valence-electron chi connectivity index (χ1n) is 7.07. The number of carbonyl (C=O) groups excluding carboxylic acids is 1. The second-order valence-corrected chi connectivity index (χ2v) is 5.52. The fraction of sp³-hybridized carbons (Fsp3) is 0.500. The van der Waals surface area contributed by atoms with Crippen molar-refractivity contribution in [3.63, 3.8) is 0 Å². The smallest absolute Gasteiger partial charge is 0.272 e. The molecule has 0 aromatic carbocycles. The van der Waals surface area contributed by atoms with Gasteiger partial charge in [0, 0.05) is 24.3 Å². The predicted molar refractivity (Wildman–Crippen MR) is 79.1 cm³/mol. The molecule has 4 nitrogen and oxygen atoms in total. The van der Waals surface area contributed by atoms with E-state index >= 15 is 0 Å². The van der Waals surface area contributed by atoms with Gasteiger partial charge in [0.2, 0.25) is 0 Å². The predicted octanol–water partition coefficient (Wildman–Crippen LogP) is 1.65. The summed E-state index contributed by atoms with van der Waals surface area (Å²) in [4.78, 5) is 18.7. The standard InChI is InChI=1S/C16H21N3O/c1-12(2)11-19(14-6-7-14)16(20)15-8-5-13(10-18-15)4-3-9-17/h5,8,10,12,14H,6-7,9,11,17H2,1-2H3. The number of nitrogens with two attached hydrogens (primary N) is 1. The molecular weight excluding hydrogens is 250 g/mol. The Kier molecular flexibility index (Phi) is 4.75. The number of hydrogen-bond donors (Lipinski definition) is 1. The Bertz CT molecular complexity index is 521. The van der Waals surface area contributed by atoms with Gasteiger partial charge in [0.15, 0.2) is 0 Å². The fourth-order valence-electron chi connectivity index (χ4n) is 2.07. The molecule has 0 atom stereocenters. The monoisotopic (exact) mass is 271 g/mol. The van der Waals surface area contributed by atoms with Crippen molar-refractivity contribution in [3.8, 4) is 11.8 Å². The third-order valence-electron chi connectivity index (χ3n) is 3.13. The molecule has 1 amide bonds. The van der Waals surface area contributed by atoms with Crippen molar-refractivity contribution in [1.82, 2.24) is 9.88 Å². The third-order valence-corrected chi connectivity index (χ3v) is 3.13. The van der Waals surface area contributed by atoms with Crippen molar-refractivity contribution in [2.24, 2.45) is 11.7 Å². The maximum atomic E-state index is 12.5. The Morgan fingerprint density at radius 1 is 1.50 bits per heavy atom. The molecule has 1 saturated carbocycles. The van der Waals surface area contributed by atoms with Crippen molar-refractivity contribution in [3.05, 3.63) is 29.6 Å². The van der Waals surface area contributed by atoms with E-state index in [0.29, 0.717) is 24.2 Å². The third kappa shape index (κ3) is 3.82. The van der Waals surface area contributed by atoms with Crippen molar-refractivity contribution in [2.45, 2.75) is 32.7 Å². The number of amides is 1. The number of aromatic nitrogens is 1. The van der Waals surface area contributed by atoms with Crippen LogP contribution in [-0.2, 0) is 0 Å². The molecule has 1 aromatic heterocycles. The first kappa shape index (κ1) is 14.5. The van der Waals surface area contributed by atoms with Crippen molar-refractivity contribution in [2.75, 3.05) is 13.1 Å². The molecule has 4 heteroatoms. The first-order valence-corrected chi connectivity index (χ1v) is 7.07. The molecule has 0 bridgehead atoms. The highest BCUT2D eigenvalue weighted by Gasteiger charge is 2.33. The first-order chi connectivity index (χ1) is 9.61. The minimum Gasteiger partial charge on any atom is -0.334 e. The quantitative estimate of drug-likeness (QED) is 0.847. The molecule has 2 rings (SSSR count). The normalized spacial score (nSPS) is 13.8. The van der Waals surface area contributed by atoms with E-state index < -0.39 is 0 Å². The molecule has 0 aliphatic heterocycles. The van der Waals surface area contributed by atoms with Gasteiger partial charge in [0.05, 0.1) is 6.54 Å². The van der Waals surface area contributed by atoms with Crippen LogP contribution in [0.1, 0.15) is 42.7 Å². The Morgan fingerprint density at radius 2 is 2.25 bits per heavy atom. The van der Waals surface area contributed by atoms with Crippen molar-refractivity contribution >= 4 is 5.91 Å². The minimum absolute atomic E-state index is 0.0273. The van der Waals surface area contributed by atoms with Gasteiger partial charge < -0.3 is 10.6 Å². The summed E-state index contributed by atoms with van der Waals surface area (Å²) >= 11 is 0. The maximum absolute atomic E-state index is 12.5. The molecular formula is C16H21N3O. The van der Waals surface area contributed by atoms with Crippen LogP contribution in [-0.4, -0.2) is 34.9 Å². The summed E-state index contributed by atoms with van der Waals surface area (Å²) in [5, 5.41) is 0. The molecule has 0 unspecified atom stereocenters. The van der Waals surface area contributed by atoms with Gasteiger partial charge >= 0.3 is 0 Å². The van der Waals surface area contributed by atoms with E-state index in [1.165, 1.54) is 0 Å². The lowest BCUT2D eigenvalue weighted by Gasteiger charge is -2.24. The SMILES string of the molecule is CC(C)CN(C(=O)c1ccc(C#CCN)cn1)C1CC1. The molecule has 1 heterocycles. The summed E-state index contributed by atoms with van der Waals surface area (Å²) in [5.41, 5.74) is 6.61. The fourth-order valence-corrected chi connectivity index (χ4v) is 2.07. The Morgan fingerprint density at radius 3 is 2.75 bits per heavy atom. The molecule has 1 aromatic rings.